The highest BCUT2D eigenvalue weighted by Crippen LogP contribution is 2.37. The molecule has 0 saturated heterocycles. The molecule has 7 heteroatoms. The lowest BCUT2D eigenvalue weighted by Gasteiger charge is -2.16. The summed E-state index contributed by atoms with van der Waals surface area (Å²) in [6, 6.07) is 5.22. The lowest BCUT2D eigenvalue weighted by atomic mass is 10.2. The zero-order valence-electron chi connectivity index (χ0n) is 11.4. The minimum Gasteiger partial charge on any atom is -0.335 e. The number of hydrogen-bond acceptors (Lipinski definition) is 3. The summed E-state index contributed by atoms with van der Waals surface area (Å²) < 4.78 is 0. The molecule has 0 aliphatic heterocycles. The van der Waals surface area contributed by atoms with Crippen LogP contribution in [0.25, 0.3) is 0 Å². The fourth-order valence-corrected chi connectivity index (χ4v) is 2.53. The Bertz CT molecular complexity index is 681. The van der Waals surface area contributed by atoms with E-state index in [2.05, 4.69) is 15.2 Å². The largest absolute Gasteiger partial charge is 0.335 e. The van der Waals surface area contributed by atoms with Crippen molar-refractivity contribution in [1.29, 1.82) is 0 Å². The van der Waals surface area contributed by atoms with Crippen molar-refractivity contribution in [2.24, 2.45) is 0 Å². The molecule has 1 saturated carbocycles. The van der Waals surface area contributed by atoms with Gasteiger partial charge in [-0.2, -0.15) is 0 Å². The quantitative estimate of drug-likeness (QED) is 0.938. The van der Waals surface area contributed by atoms with Gasteiger partial charge < -0.3 is 4.90 Å². The van der Waals surface area contributed by atoms with Gasteiger partial charge >= 0.3 is 0 Å². The molecule has 110 valence electrons. The summed E-state index contributed by atoms with van der Waals surface area (Å²) in [7, 11) is 1.69. The number of H-pyrrole nitrogens is 1. The molecule has 0 bridgehead atoms. The van der Waals surface area contributed by atoms with E-state index in [4.69, 9.17) is 23.2 Å². The van der Waals surface area contributed by atoms with Crippen LogP contribution in [0.2, 0.25) is 10.0 Å². The first kappa shape index (κ1) is 14.4. The molecule has 21 heavy (non-hydrogen) atoms. The normalized spacial score (nSPS) is 14.2. The maximum atomic E-state index is 12.3. The molecule has 1 amide bonds. The first-order valence-electron chi connectivity index (χ1n) is 6.66. The molecule has 3 rings (SSSR count). The topological polar surface area (TPSA) is 61.9 Å². The lowest BCUT2D eigenvalue weighted by molar-refractivity contribution is 0.0773. The van der Waals surface area contributed by atoms with Crippen molar-refractivity contribution >= 4 is 29.1 Å². The molecule has 0 radical (unpaired) electrons. The molecule has 1 aliphatic rings. The Kier molecular flexibility index (Phi) is 3.87. The molecular weight excluding hydrogens is 311 g/mol. The maximum absolute atomic E-state index is 12.3. The number of nitrogens with one attached hydrogen (secondary N) is 1. The molecule has 2 aromatic rings. The zero-order chi connectivity index (χ0) is 15.0. The van der Waals surface area contributed by atoms with Crippen molar-refractivity contribution in [2.75, 3.05) is 7.05 Å². The fourth-order valence-electron chi connectivity index (χ4n) is 2.06. The number of amides is 1. The van der Waals surface area contributed by atoms with Gasteiger partial charge in [-0.3, -0.25) is 9.89 Å². The van der Waals surface area contributed by atoms with Crippen molar-refractivity contribution in [2.45, 2.75) is 25.3 Å². The van der Waals surface area contributed by atoms with Crippen LogP contribution < -0.4 is 0 Å². The molecule has 1 aromatic carbocycles. The second-order valence-corrected chi connectivity index (χ2v) is 6.06. The third-order valence-corrected chi connectivity index (χ3v) is 4.01. The van der Waals surface area contributed by atoms with Gasteiger partial charge in [0.15, 0.2) is 0 Å². The Hall–Kier alpha value is -1.59. The van der Waals surface area contributed by atoms with Gasteiger partial charge in [-0.25, -0.2) is 4.98 Å². The van der Waals surface area contributed by atoms with Crippen molar-refractivity contribution < 1.29 is 4.79 Å². The molecule has 1 N–H and O–H groups in total. The second-order valence-electron chi connectivity index (χ2n) is 5.22. The number of benzene rings is 1. The zero-order valence-corrected chi connectivity index (χ0v) is 12.9. The highest BCUT2D eigenvalue weighted by atomic mass is 35.5. The standard InChI is InChI=1S/C14H14Cl2N4O/c1-20(7-9-4-5-10(15)6-11(9)16)14(21)13-17-12(18-19-13)8-2-3-8/h4-6,8H,2-3,7H2,1H3,(H,17,18,19). The van der Waals surface area contributed by atoms with E-state index in [-0.39, 0.29) is 11.7 Å². The lowest BCUT2D eigenvalue weighted by Crippen LogP contribution is -2.27. The molecule has 0 spiro atoms. The van der Waals surface area contributed by atoms with Gasteiger partial charge in [0.25, 0.3) is 5.91 Å². The van der Waals surface area contributed by atoms with E-state index in [1.54, 1.807) is 19.2 Å². The van der Waals surface area contributed by atoms with Crippen LogP contribution in [-0.2, 0) is 6.54 Å². The van der Waals surface area contributed by atoms with E-state index in [0.29, 0.717) is 22.5 Å². The summed E-state index contributed by atoms with van der Waals surface area (Å²) in [6.07, 6.45) is 2.22. The Morgan fingerprint density at radius 3 is 2.86 bits per heavy atom. The monoisotopic (exact) mass is 324 g/mol. The van der Waals surface area contributed by atoms with E-state index >= 15 is 0 Å². The van der Waals surface area contributed by atoms with Gasteiger partial charge in [-0.15, -0.1) is 5.10 Å². The van der Waals surface area contributed by atoms with Crippen LogP contribution in [0.1, 0.15) is 40.8 Å². The number of aromatic amines is 1. The summed E-state index contributed by atoms with van der Waals surface area (Å²) in [6.45, 7) is 0.377. The Balaban J connectivity index is 1.71. The number of rotatable bonds is 4. The van der Waals surface area contributed by atoms with Gasteiger partial charge in [-0.05, 0) is 30.5 Å². The van der Waals surface area contributed by atoms with Gasteiger partial charge in [0.05, 0.1) is 0 Å². The van der Waals surface area contributed by atoms with Crippen LogP contribution in [0.3, 0.4) is 0 Å². The number of halogens is 2. The first-order chi connectivity index (χ1) is 10.0. The Morgan fingerprint density at radius 2 is 2.19 bits per heavy atom. The fraction of sp³-hybridized carbons (Fsp3) is 0.357. The van der Waals surface area contributed by atoms with Crippen molar-refractivity contribution in [1.82, 2.24) is 20.1 Å². The third kappa shape index (κ3) is 3.19. The summed E-state index contributed by atoms with van der Waals surface area (Å²) in [5, 5.41) is 7.94. The molecule has 1 aliphatic carbocycles. The van der Waals surface area contributed by atoms with E-state index in [9.17, 15) is 4.79 Å². The highest BCUT2D eigenvalue weighted by Gasteiger charge is 2.28. The van der Waals surface area contributed by atoms with Crippen LogP contribution >= 0.6 is 23.2 Å². The van der Waals surface area contributed by atoms with Gasteiger partial charge in [0.2, 0.25) is 5.82 Å². The average molecular weight is 325 g/mol. The Labute approximate surface area is 132 Å². The summed E-state index contributed by atoms with van der Waals surface area (Å²) >= 11 is 12.0. The molecule has 1 fully saturated rings. The van der Waals surface area contributed by atoms with Crippen molar-refractivity contribution in [3.8, 4) is 0 Å². The summed E-state index contributed by atoms with van der Waals surface area (Å²) in [4.78, 5) is 18.1. The van der Waals surface area contributed by atoms with E-state index < -0.39 is 0 Å². The second kappa shape index (κ2) is 5.66. The minimum atomic E-state index is -0.232. The van der Waals surface area contributed by atoms with E-state index in [1.165, 1.54) is 4.90 Å². The highest BCUT2D eigenvalue weighted by molar-refractivity contribution is 6.35. The third-order valence-electron chi connectivity index (χ3n) is 3.43. The first-order valence-corrected chi connectivity index (χ1v) is 7.42. The number of aromatic nitrogens is 3. The Morgan fingerprint density at radius 1 is 1.43 bits per heavy atom. The van der Waals surface area contributed by atoms with Crippen LogP contribution in [0.5, 0.6) is 0 Å². The van der Waals surface area contributed by atoms with E-state index in [1.807, 2.05) is 6.07 Å². The molecule has 0 unspecified atom stereocenters. The molecule has 1 heterocycles. The molecule has 1 aromatic heterocycles. The van der Waals surface area contributed by atoms with E-state index in [0.717, 1.165) is 24.2 Å². The average Bonchev–Trinajstić information content (AvgIpc) is 3.19. The predicted octanol–water partition coefficient (Wildman–Crippen LogP) is 3.26. The summed E-state index contributed by atoms with van der Waals surface area (Å²) in [5.41, 5.74) is 0.829. The SMILES string of the molecule is CN(Cc1ccc(Cl)cc1Cl)C(=O)c1n[nH]c(C2CC2)n1. The van der Waals surface area contributed by atoms with Crippen molar-refractivity contribution in [3.63, 3.8) is 0 Å². The number of hydrogen-bond donors (Lipinski definition) is 1. The smallest absolute Gasteiger partial charge is 0.293 e. The van der Waals surface area contributed by atoms with Gasteiger partial charge in [0, 0.05) is 29.6 Å². The van der Waals surface area contributed by atoms with Crippen LogP contribution in [0.15, 0.2) is 18.2 Å². The van der Waals surface area contributed by atoms with Gasteiger partial charge in [-0.1, -0.05) is 29.3 Å². The predicted molar refractivity (Wildman–Crippen MR) is 80.6 cm³/mol. The molecular formula is C14H14Cl2N4O. The van der Waals surface area contributed by atoms with Crippen molar-refractivity contribution in [3.05, 3.63) is 45.5 Å². The molecule has 5 nitrogen and oxygen atoms in total. The number of nitrogens with zero attached hydrogens (tertiary/aromatic N) is 3. The minimum absolute atomic E-state index is 0.199. The summed E-state index contributed by atoms with van der Waals surface area (Å²) in [5.74, 6) is 1.21. The van der Waals surface area contributed by atoms with Gasteiger partial charge in [0.1, 0.15) is 5.82 Å². The van der Waals surface area contributed by atoms with Crippen LogP contribution in [0.4, 0.5) is 0 Å². The molecule has 0 atom stereocenters. The van der Waals surface area contributed by atoms with Crippen LogP contribution in [0, 0.1) is 0 Å². The van der Waals surface area contributed by atoms with Crippen LogP contribution in [-0.4, -0.2) is 33.0 Å². The number of carbonyl (C=O) groups is 1. The maximum Gasteiger partial charge on any atom is 0.293 e. The number of carbonyl (C=O) groups excluding carboxylic acids is 1.